The van der Waals surface area contributed by atoms with Crippen LogP contribution in [0.3, 0.4) is 0 Å². The summed E-state index contributed by atoms with van der Waals surface area (Å²) in [6.07, 6.45) is 5.67. The summed E-state index contributed by atoms with van der Waals surface area (Å²) < 4.78 is 0. The van der Waals surface area contributed by atoms with Gasteiger partial charge in [-0.25, -0.2) is 0 Å². The van der Waals surface area contributed by atoms with Crippen molar-refractivity contribution in [1.29, 1.82) is 0 Å². The predicted octanol–water partition coefficient (Wildman–Crippen LogP) is 1.89. The van der Waals surface area contributed by atoms with E-state index in [9.17, 15) is 4.79 Å². The fraction of sp³-hybridized carbons (Fsp3) is 0.632. The molecule has 4 nitrogen and oxygen atoms in total. The molecule has 0 bridgehead atoms. The normalized spacial score (nSPS) is 24.6. The van der Waals surface area contributed by atoms with Gasteiger partial charge >= 0.3 is 0 Å². The Balaban J connectivity index is 1.42. The molecule has 126 valence electrons. The second-order valence-corrected chi connectivity index (χ2v) is 7.04. The monoisotopic (exact) mass is 315 g/mol. The smallest absolute Gasteiger partial charge is 0.221 e. The summed E-state index contributed by atoms with van der Waals surface area (Å²) in [6, 6.07) is 11.4. The molecular formula is C19H29N3O. The van der Waals surface area contributed by atoms with Gasteiger partial charge in [-0.2, -0.15) is 0 Å². The molecule has 23 heavy (non-hydrogen) atoms. The third-order valence-corrected chi connectivity index (χ3v) is 5.49. The molecule has 2 fully saturated rings. The van der Waals surface area contributed by atoms with E-state index in [2.05, 4.69) is 40.1 Å². The third kappa shape index (κ3) is 4.55. The van der Waals surface area contributed by atoms with Crippen molar-refractivity contribution >= 4 is 5.91 Å². The zero-order valence-electron chi connectivity index (χ0n) is 14.0. The molecular weight excluding hydrogens is 286 g/mol. The first-order chi connectivity index (χ1) is 11.2. The standard InChI is InChI=1S/C19H29N3O/c20-19(23)17-7-4-11-22(15-17)18-9-13-21(14-10-18)12-8-16-5-2-1-3-6-16/h1-3,5-6,17-18H,4,7-15H2,(H2,20,23). The maximum Gasteiger partial charge on any atom is 0.221 e. The van der Waals surface area contributed by atoms with Crippen LogP contribution in [0.1, 0.15) is 31.2 Å². The fourth-order valence-corrected chi connectivity index (χ4v) is 4.01. The minimum atomic E-state index is -0.116. The van der Waals surface area contributed by atoms with Gasteiger partial charge in [0.2, 0.25) is 5.91 Å². The summed E-state index contributed by atoms with van der Waals surface area (Å²) in [5, 5.41) is 0. The maximum atomic E-state index is 11.4. The highest BCUT2D eigenvalue weighted by atomic mass is 16.1. The fourth-order valence-electron chi connectivity index (χ4n) is 4.01. The lowest BCUT2D eigenvalue weighted by molar-refractivity contribution is -0.123. The van der Waals surface area contributed by atoms with Crippen molar-refractivity contribution in [2.75, 3.05) is 32.7 Å². The number of rotatable bonds is 5. The van der Waals surface area contributed by atoms with Gasteiger partial charge in [-0.1, -0.05) is 30.3 Å². The van der Waals surface area contributed by atoms with Gasteiger partial charge in [0, 0.05) is 19.1 Å². The molecule has 0 saturated carbocycles. The Hall–Kier alpha value is -1.39. The number of piperidine rings is 2. The summed E-state index contributed by atoms with van der Waals surface area (Å²) in [5.74, 6) is -0.0464. The molecule has 0 aliphatic carbocycles. The van der Waals surface area contributed by atoms with Crippen LogP contribution in [0, 0.1) is 5.92 Å². The zero-order valence-corrected chi connectivity index (χ0v) is 14.0. The van der Waals surface area contributed by atoms with Crippen LogP contribution in [0.15, 0.2) is 30.3 Å². The lowest BCUT2D eigenvalue weighted by atomic mass is 9.93. The first-order valence-electron chi connectivity index (χ1n) is 9.02. The van der Waals surface area contributed by atoms with E-state index in [1.54, 1.807) is 0 Å². The quantitative estimate of drug-likeness (QED) is 0.903. The van der Waals surface area contributed by atoms with Gasteiger partial charge in [-0.05, 0) is 57.3 Å². The number of hydrogen-bond acceptors (Lipinski definition) is 3. The number of likely N-dealkylation sites (tertiary alicyclic amines) is 2. The number of carbonyl (C=O) groups excluding carboxylic acids is 1. The molecule has 1 amide bonds. The van der Waals surface area contributed by atoms with Crippen LogP contribution in [0.2, 0.25) is 0 Å². The molecule has 2 aliphatic heterocycles. The number of amides is 1. The molecule has 0 aromatic heterocycles. The molecule has 0 spiro atoms. The highest BCUT2D eigenvalue weighted by Crippen LogP contribution is 2.23. The summed E-state index contributed by atoms with van der Waals surface area (Å²) in [6.45, 7) is 5.52. The Labute approximate surface area is 139 Å². The summed E-state index contributed by atoms with van der Waals surface area (Å²) in [7, 11) is 0. The lowest BCUT2D eigenvalue weighted by Gasteiger charge is -2.41. The van der Waals surface area contributed by atoms with Crippen LogP contribution in [-0.4, -0.2) is 54.5 Å². The Kier molecular flexibility index (Phi) is 5.68. The van der Waals surface area contributed by atoms with Crippen molar-refractivity contribution in [3.8, 4) is 0 Å². The molecule has 1 atom stereocenters. The van der Waals surface area contributed by atoms with Crippen molar-refractivity contribution in [2.45, 2.75) is 38.1 Å². The first-order valence-corrected chi connectivity index (χ1v) is 9.02. The van der Waals surface area contributed by atoms with E-state index in [1.807, 2.05) is 0 Å². The molecule has 2 N–H and O–H groups in total. The minimum absolute atomic E-state index is 0.0693. The maximum absolute atomic E-state index is 11.4. The SMILES string of the molecule is NC(=O)C1CCCN(C2CCN(CCc3ccccc3)CC2)C1. The average Bonchev–Trinajstić information content (AvgIpc) is 2.61. The second kappa shape index (κ2) is 7.93. The van der Waals surface area contributed by atoms with E-state index in [1.165, 1.54) is 31.5 Å². The van der Waals surface area contributed by atoms with E-state index < -0.39 is 0 Å². The van der Waals surface area contributed by atoms with Crippen LogP contribution >= 0.6 is 0 Å². The van der Waals surface area contributed by atoms with Gasteiger partial charge in [0.15, 0.2) is 0 Å². The Morgan fingerprint density at radius 3 is 2.52 bits per heavy atom. The van der Waals surface area contributed by atoms with Crippen LogP contribution < -0.4 is 5.73 Å². The molecule has 1 unspecified atom stereocenters. The molecule has 4 heteroatoms. The van der Waals surface area contributed by atoms with Crippen LogP contribution in [0.4, 0.5) is 0 Å². The highest BCUT2D eigenvalue weighted by molar-refractivity contribution is 5.76. The van der Waals surface area contributed by atoms with Crippen LogP contribution in [0.5, 0.6) is 0 Å². The largest absolute Gasteiger partial charge is 0.369 e. The molecule has 2 saturated heterocycles. The second-order valence-electron chi connectivity index (χ2n) is 7.04. The van der Waals surface area contributed by atoms with Gasteiger partial charge < -0.3 is 10.6 Å². The summed E-state index contributed by atoms with van der Waals surface area (Å²) >= 11 is 0. The Bertz CT molecular complexity index is 497. The Morgan fingerprint density at radius 1 is 1.09 bits per heavy atom. The third-order valence-electron chi connectivity index (χ3n) is 5.49. The number of carbonyl (C=O) groups is 1. The molecule has 1 aromatic carbocycles. The summed E-state index contributed by atoms with van der Waals surface area (Å²) in [5.41, 5.74) is 6.93. The van der Waals surface area contributed by atoms with E-state index in [4.69, 9.17) is 5.73 Å². The molecule has 0 radical (unpaired) electrons. The zero-order chi connectivity index (χ0) is 16.1. The minimum Gasteiger partial charge on any atom is -0.369 e. The Morgan fingerprint density at radius 2 is 1.83 bits per heavy atom. The number of nitrogens with zero attached hydrogens (tertiary/aromatic N) is 2. The van der Waals surface area contributed by atoms with E-state index in [-0.39, 0.29) is 11.8 Å². The van der Waals surface area contributed by atoms with Gasteiger partial charge in [-0.15, -0.1) is 0 Å². The van der Waals surface area contributed by atoms with Crippen LogP contribution in [-0.2, 0) is 11.2 Å². The van der Waals surface area contributed by atoms with Crippen molar-refractivity contribution in [1.82, 2.24) is 9.80 Å². The molecule has 3 rings (SSSR count). The topological polar surface area (TPSA) is 49.6 Å². The molecule has 1 aromatic rings. The highest BCUT2D eigenvalue weighted by Gasteiger charge is 2.30. The van der Waals surface area contributed by atoms with E-state index >= 15 is 0 Å². The molecule has 2 aliphatic rings. The molecule has 2 heterocycles. The lowest BCUT2D eigenvalue weighted by Crippen LogP contribution is -2.50. The van der Waals surface area contributed by atoms with Gasteiger partial charge in [0.25, 0.3) is 0 Å². The van der Waals surface area contributed by atoms with E-state index in [0.717, 1.165) is 38.9 Å². The van der Waals surface area contributed by atoms with Crippen molar-refractivity contribution in [3.05, 3.63) is 35.9 Å². The van der Waals surface area contributed by atoms with Gasteiger partial charge in [-0.3, -0.25) is 9.69 Å². The number of benzene rings is 1. The van der Waals surface area contributed by atoms with E-state index in [0.29, 0.717) is 6.04 Å². The van der Waals surface area contributed by atoms with Gasteiger partial charge in [0.1, 0.15) is 0 Å². The predicted molar refractivity (Wildman–Crippen MR) is 93.1 cm³/mol. The first kappa shape index (κ1) is 16.5. The summed E-state index contributed by atoms with van der Waals surface area (Å²) in [4.78, 5) is 16.5. The van der Waals surface area contributed by atoms with Crippen molar-refractivity contribution in [3.63, 3.8) is 0 Å². The van der Waals surface area contributed by atoms with Crippen LogP contribution in [0.25, 0.3) is 0 Å². The van der Waals surface area contributed by atoms with Crippen molar-refractivity contribution < 1.29 is 4.79 Å². The number of hydrogen-bond donors (Lipinski definition) is 1. The average molecular weight is 315 g/mol. The number of primary amides is 1. The van der Waals surface area contributed by atoms with Gasteiger partial charge in [0.05, 0.1) is 5.92 Å². The number of nitrogens with two attached hydrogens (primary N) is 1. The van der Waals surface area contributed by atoms with Crippen molar-refractivity contribution in [2.24, 2.45) is 11.7 Å².